The van der Waals surface area contributed by atoms with Gasteiger partial charge in [-0.05, 0) is 112 Å². The Labute approximate surface area is 270 Å². The Bertz CT molecular complexity index is 1110. The molecule has 0 aromatic rings. The van der Waals surface area contributed by atoms with Gasteiger partial charge in [0.1, 0.15) is 6.10 Å². The van der Waals surface area contributed by atoms with Gasteiger partial charge in [0.15, 0.2) is 18.2 Å². The SMILES string of the molecule is CC[C@@H]1C(C(=O)C2CCC[C@@]34C[C@@]35CC[C@H](OC3C[C@@H](O)CCO3)C(C)(C)C5CCC24)OC([C@H](OC(C)=O)C(C)(C)O)C[C@H]1C. The van der Waals surface area contributed by atoms with Crippen LogP contribution in [0.4, 0.5) is 0 Å². The number of aliphatic hydroxyl groups is 2. The third-order valence-electron chi connectivity index (χ3n) is 13.9. The van der Waals surface area contributed by atoms with Crippen LogP contribution in [-0.2, 0) is 28.5 Å². The molecule has 13 atom stereocenters. The van der Waals surface area contributed by atoms with Crippen LogP contribution in [0.5, 0.6) is 0 Å². The number of rotatable bonds is 8. The number of ether oxygens (including phenoxy) is 4. The van der Waals surface area contributed by atoms with E-state index in [2.05, 4.69) is 27.7 Å². The number of ketones is 1. The van der Waals surface area contributed by atoms with E-state index in [1.807, 2.05) is 0 Å². The van der Waals surface area contributed by atoms with Crippen LogP contribution in [0, 0.1) is 45.8 Å². The number of aliphatic hydroxyl groups excluding tert-OH is 1. The highest BCUT2D eigenvalue weighted by atomic mass is 16.7. The quantitative estimate of drug-likeness (QED) is 0.248. The van der Waals surface area contributed by atoms with E-state index in [-0.39, 0.29) is 58.3 Å². The average molecular weight is 633 g/mol. The van der Waals surface area contributed by atoms with Crippen LogP contribution >= 0.6 is 0 Å². The first-order valence-corrected chi connectivity index (χ1v) is 18.2. The minimum absolute atomic E-state index is 0.000690. The van der Waals surface area contributed by atoms with E-state index in [0.29, 0.717) is 37.7 Å². The van der Waals surface area contributed by atoms with Crippen molar-refractivity contribution in [1.29, 1.82) is 0 Å². The average Bonchev–Trinajstić information content (AvgIpc) is 3.62. The van der Waals surface area contributed by atoms with E-state index in [4.69, 9.17) is 18.9 Å². The van der Waals surface area contributed by atoms with Gasteiger partial charge in [0.05, 0.1) is 30.5 Å². The zero-order valence-electron chi connectivity index (χ0n) is 28.9. The second-order valence-corrected chi connectivity index (χ2v) is 17.2. The number of hydrogen-bond acceptors (Lipinski definition) is 8. The van der Waals surface area contributed by atoms with Gasteiger partial charge in [-0.2, -0.15) is 0 Å². The smallest absolute Gasteiger partial charge is 0.303 e. The van der Waals surface area contributed by atoms with Gasteiger partial charge in [-0.1, -0.05) is 40.5 Å². The number of carbonyl (C=O) groups is 2. The zero-order valence-corrected chi connectivity index (χ0v) is 28.9. The van der Waals surface area contributed by atoms with Gasteiger partial charge in [0.25, 0.3) is 0 Å². The molecule has 2 N–H and O–H groups in total. The summed E-state index contributed by atoms with van der Waals surface area (Å²) >= 11 is 0. The van der Waals surface area contributed by atoms with E-state index in [1.54, 1.807) is 13.8 Å². The fourth-order valence-electron chi connectivity index (χ4n) is 11.9. The van der Waals surface area contributed by atoms with E-state index in [1.165, 1.54) is 19.8 Å². The molecule has 2 saturated heterocycles. The van der Waals surface area contributed by atoms with E-state index in [9.17, 15) is 19.8 Å². The lowest BCUT2D eigenvalue weighted by molar-refractivity contribution is -0.247. The number of hydrogen-bond donors (Lipinski definition) is 2. The number of carbonyl (C=O) groups excluding carboxylic acids is 2. The largest absolute Gasteiger partial charge is 0.457 e. The predicted octanol–water partition coefficient (Wildman–Crippen LogP) is 5.98. The molecule has 0 aromatic heterocycles. The molecule has 0 aromatic carbocycles. The monoisotopic (exact) mass is 632 g/mol. The maximum absolute atomic E-state index is 14.8. The van der Waals surface area contributed by atoms with Gasteiger partial charge in [0.2, 0.25) is 0 Å². The van der Waals surface area contributed by atoms with Gasteiger partial charge in [-0.15, -0.1) is 0 Å². The van der Waals surface area contributed by atoms with Crippen molar-refractivity contribution in [2.75, 3.05) is 6.61 Å². The summed E-state index contributed by atoms with van der Waals surface area (Å²) in [6.45, 7) is 14.3. The molecule has 8 heteroatoms. The second-order valence-electron chi connectivity index (χ2n) is 17.2. The molecular weight excluding hydrogens is 572 g/mol. The highest BCUT2D eigenvalue weighted by Crippen LogP contribution is 2.85. The van der Waals surface area contributed by atoms with Crippen molar-refractivity contribution < 1.29 is 38.7 Å². The highest BCUT2D eigenvalue weighted by Gasteiger charge is 2.78. The molecule has 0 amide bonds. The van der Waals surface area contributed by atoms with Crippen LogP contribution in [0.1, 0.15) is 126 Å². The first-order chi connectivity index (χ1) is 21.1. The maximum Gasteiger partial charge on any atom is 0.303 e. The normalized spacial score (nSPS) is 46.6. The Balaban J connectivity index is 1.20. The minimum atomic E-state index is -1.28. The molecule has 6 unspecified atom stereocenters. The topological polar surface area (TPSA) is 112 Å². The molecule has 6 rings (SSSR count). The van der Waals surface area contributed by atoms with E-state index < -0.39 is 29.9 Å². The maximum atomic E-state index is 14.8. The molecule has 2 heterocycles. The van der Waals surface area contributed by atoms with Gasteiger partial charge in [-0.25, -0.2) is 0 Å². The second kappa shape index (κ2) is 12.1. The molecule has 0 radical (unpaired) electrons. The third kappa shape index (κ3) is 5.74. The van der Waals surface area contributed by atoms with Crippen LogP contribution in [0.25, 0.3) is 0 Å². The Morgan fingerprint density at radius 1 is 1.04 bits per heavy atom. The summed E-state index contributed by atoms with van der Waals surface area (Å²) in [7, 11) is 0. The van der Waals surface area contributed by atoms with Crippen LogP contribution in [0.15, 0.2) is 0 Å². The molecule has 256 valence electrons. The summed E-state index contributed by atoms with van der Waals surface area (Å²) in [5, 5.41) is 21.2. The van der Waals surface area contributed by atoms with Crippen LogP contribution in [0.3, 0.4) is 0 Å². The Morgan fingerprint density at radius 2 is 1.80 bits per heavy atom. The van der Waals surface area contributed by atoms with Crippen molar-refractivity contribution in [3.05, 3.63) is 0 Å². The van der Waals surface area contributed by atoms with Crippen LogP contribution in [-0.4, -0.2) is 71.0 Å². The summed E-state index contributed by atoms with van der Waals surface area (Å²) in [6, 6.07) is 0. The summed E-state index contributed by atoms with van der Waals surface area (Å²) in [4.78, 5) is 26.8. The Morgan fingerprint density at radius 3 is 2.47 bits per heavy atom. The molecule has 6 fully saturated rings. The Kier molecular flexibility index (Phi) is 9.11. The highest BCUT2D eigenvalue weighted by molar-refractivity contribution is 5.86. The number of Topliss-reactive ketones (excluding diaryl/α,β-unsaturated/α-hetero) is 1. The predicted molar refractivity (Wildman–Crippen MR) is 169 cm³/mol. The first kappa shape index (κ1) is 33.8. The van der Waals surface area contributed by atoms with Gasteiger partial charge >= 0.3 is 5.97 Å². The molecule has 6 aliphatic rings. The van der Waals surface area contributed by atoms with Crippen molar-refractivity contribution in [2.45, 2.75) is 168 Å². The van der Waals surface area contributed by atoms with Crippen molar-refractivity contribution in [1.82, 2.24) is 0 Å². The van der Waals surface area contributed by atoms with Crippen LogP contribution < -0.4 is 0 Å². The van der Waals surface area contributed by atoms with Gasteiger partial charge < -0.3 is 29.2 Å². The lowest BCUT2D eigenvalue weighted by Gasteiger charge is -2.57. The van der Waals surface area contributed by atoms with Crippen LogP contribution in [0.2, 0.25) is 0 Å². The summed E-state index contributed by atoms with van der Waals surface area (Å²) in [5.74, 6) is 1.07. The molecule has 8 nitrogen and oxygen atoms in total. The van der Waals surface area contributed by atoms with Crippen molar-refractivity contribution in [3.8, 4) is 0 Å². The fraction of sp³-hybridized carbons (Fsp3) is 0.946. The Hall–Kier alpha value is -1.06. The number of esters is 1. The fourth-order valence-corrected chi connectivity index (χ4v) is 11.9. The standard InChI is InChI=1S/C37H60O8/c1-8-24-21(2)18-27(33(35(6,7)41)43-22(3)38)44-32(24)31(40)25-10-9-15-36-20-37(36)16-13-29(45-30-19-23(39)14-17-42-30)34(4,5)28(37)12-11-26(25)36/h21,23-30,32-33,39,41H,8-20H2,1-7H3/t21-,23+,24+,25?,26?,27?,28?,29+,30?,32?,33+,36+,37-/m1/s1. The minimum Gasteiger partial charge on any atom is -0.457 e. The summed E-state index contributed by atoms with van der Waals surface area (Å²) < 4.78 is 24.9. The molecule has 0 bridgehead atoms. The van der Waals surface area contributed by atoms with Crippen molar-refractivity contribution in [2.24, 2.45) is 45.8 Å². The van der Waals surface area contributed by atoms with Gasteiger partial charge in [0, 0.05) is 19.3 Å². The van der Waals surface area contributed by atoms with Crippen molar-refractivity contribution >= 4 is 11.8 Å². The van der Waals surface area contributed by atoms with Crippen molar-refractivity contribution in [3.63, 3.8) is 0 Å². The molecule has 45 heavy (non-hydrogen) atoms. The molecule has 4 aliphatic carbocycles. The van der Waals surface area contributed by atoms with Gasteiger partial charge in [-0.3, -0.25) is 9.59 Å². The molecule has 2 aliphatic heterocycles. The summed E-state index contributed by atoms with van der Waals surface area (Å²) in [5.41, 5.74) is -0.779. The molecular formula is C37H60O8. The first-order valence-electron chi connectivity index (χ1n) is 18.2. The molecule has 2 spiro atoms. The lowest BCUT2D eigenvalue weighted by atomic mass is 9.49. The lowest BCUT2D eigenvalue weighted by Crippen LogP contribution is -2.57. The van der Waals surface area contributed by atoms with E-state index >= 15 is 0 Å². The molecule has 4 saturated carbocycles. The summed E-state index contributed by atoms with van der Waals surface area (Å²) in [6.07, 6.45) is 9.08. The zero-order chi connectivity index (χ0) is 32.5. The van der Waals surface area contributed by atoms with E-state index in [0.717, 1.165) is 44.9 Å². The third-order valence-corrected chi connectivity index (χ3v) is 13.9.